The highest BCUT2D eigenvalue weighted by molar-refractivity contribution is 5.48. The van der Waals surface area contributed by atoms with Crippen LogP contribution in [0.3, 0.4) is 0 Å². The van der Waals surface area contributed by atoms with E-state index >= 15 is 0 Å². The van der Waals surface area contributed by atoms with Crippen molar-refractivity contribution in [2.24, 2.45) is 0 Å². The normalized spacial score (nSPS) is 13.2. The molecule has 6 nitrogen and oxygen atoms in total. The Morgan fingerprint density at radius 3 is 1.85 bits per heavy atom. The second-order valence-electron chi connectivity index (χ2n) is 4.58. The largest absolute Gasteiger partial charge is 0.394 e. The molecule has 0 aromatic carbocycles. The standard InChI is InChI=1S/C8H16O.C6H14O5/c1-2-3-4-5-6-7-8-9;7-1-5(9)3-11-4-6(10)2-8/h8H,2-7H2,1H3;5-10H,1-4H2. The Kier molecular flexibility index (Phi) is 20.1. The monoisotopic (exact) mass is 294 g/mol. The molecule has 0 bridgehead atoms. The van der Waals surface area contributed by atoms with Gasteiger partial charge in [-0.3, -0.25) is 0 Å². The van der Waals surface area contributed by atoms with Crippen LogP contribution >= 0.6 is 0 Å². The zero-order chi connectivity index (χ0) is 15.6. The molecule has 0 saturated heterocycles. The predicted octanol–water partition coefficient (Wildman–Crippen LogP) is 0.255. The molecule has 0 aliphatic rings. The van der Waals surface area contributed by atoms with E-state index in [-0.39, 0.29) is 26.4 Å². The molecule has 122 valence electrons. The van der Waals surface area contributed by atoms with Crippen LogP contribution in [0.4, 0.5) is 0 Å². The lowest BCUT2D eigenvalue weighted by molar-refractivity contribution is -0.107. The molecule has 4 N–H and O–H groups in total. The number of ether oxygens (including phenoxy) is 1. The Morgan fingerprint density at radius 1 is 0.950 bits per heavy atom. The lowest BCUT2D eigenvalue weighted by atomic mass is 10.1. The van der Waals surface area contributed by atoms with Crippen LogP contribution in [0.5, 0.6) is 0 Å². The smallest absolute Gasteiger partial charge is 0.119 e. The SMILES string of the molecule is CCCCCCCC=O.OCC(O)COCC(O)CO. The van der Waals surface area contributed by atoms with E-state index in [0.717, 1.165) is 19.1 Å². The quantitative estimate of drug-likeness (QED) is 0.304. The summed E-state index contributed by atoms with van der Waals surface area (Å²) in [6.45, 7) is 1.39. The first-order chi connectivity index (χ1) is 9.62. The second-order valence-corrected chi connectivity index (χ2v) is 4.58. The number of carbonyl (C=O) groups is 1. The van der Waals surface area contributed by atoms with Crippen molar-refractivity contribution in [2.75, 3.05) is 26.4 Å². The average molecular weight is 294 g/mol. The van der Waals surface area contributed by atoms with Gasteiger partial charge in [0.1, 0.15) is 18.5 Å². The summed E-state index contributed by atoms with van der Waals surface area (Å²) in [5, 5.41) is 34.1. The molecule has 0 spiro atoms. The Balaban J connectivity index is 0. The molecule has 0 rings (SSSR count). The summed E-state index contributed by atoms with van der Waals surface area (Å²) in [5.74, 6) is 0. The van der Waals surface area contributed by atoms with Crippen molar-refractivity contribution in [1.82, 2.24) is 0 Å². The number of rotatable bonds is 12. The van der Waals surface area contributed by atoms with E-state index in [9.17, 15) is 4.79 Å². The maximum Gasteiger partial charge on any atom is 0.119 e. The third-order valence-electron chi connectivity index (χ3n) is 2.47. The van der Waals surface area contributed by atoms with Gasteiger partial charge in [0.25, 0.3) is 0 Å². The Morgan fingerprint density at radius 2 is 1.45 bits per heavy atom. The summed E-state index contributed by atoms with van der Waals surface area (Å²) in [6.07, 6.45) is 6.14. The highest BCUT2D eigenvalue weighted by atomic mass is 16.5. The molecular formula is C14H30O6. The van der Waals surface area contributed by atoms with Gasteiger partial charge < -0.3 is 30.0 Å². The summed E-state index contributed by atoms with van der Waals surface area (Å²) in [6, 6.07) is 0. The molecular weight excluding hydrogens is 264 g/mol. The highest BCUT2D eigenvalue weighted by Crippen LogP contribution is 2.02. The van der Waals surface area contributed by atoms with E-state index in [1.54, 1.807) is 0 Å². The molecule has 0 aromatic rings. The van der Waals surface area contributed by atoms with Crippen LogP contribution in [0.25, 0.3) is 0 Å². The van der Waals surface area contributed by atoms with Crippen molar-refractivity contribution in [3.63, 3.8) is 0 Å². The number of aliphatic hydroxyl groups excluding tert-OH is 4. The fourth-order valence-electron chi connectivity index (χ4n) is 1.28. The summed E-state index contributed by atoms with van der Waals surface area (Å²) in [4.78, 5) is 9.84. The second kappa shape index (κ2) is 18.5. The van der Waals surface area contributed by atoms with E-state index < -0.39 is 12.2 Å². The van der Waals surface area contributed by atoms with Gasteiger partial charge in [0.2, 0.25) is 0 Å². The van der Waals surface area contributed by atoms with Gasteiger partial charge in [-0.2, -0.15) is 0 Å². The Hall–Kier alpha value is -0.530. The predicted molar refractivity (Wildman–Crippen MR) is 76.4 cm³/mol. The highest BCUT2D eigenvalue weighted by Gasteiger charge is 2.04. The molecule has 0 aromatic heterocycles. The lowest BCUT2D eigenvalue weighted by Gasteiger charge is -2.10. The molecule has 0 aliphatic heterocycles. The maximum atomic E-state index is 9.84. The third-order valence-corrected chi connectivity index (χ3v) is 2.47. The van der Waals surface area contributed by atoms with Crippen LogP contribution in [0.1, 0.15) is 45.4 Å². The van der Waals surface area contributed by atoms with Crippen LogP contribution in [-0.4, -0.2) is 65.3 Å². The summed E-state index contributed by atoms with van der Waals surface area (Å²) >= 11 is 0. The first kappa shape index (κ1) is 21.8. The van der Waals surface area contributed by atoms with Gasteiger partial charge in [0.05, 0.1) is 26.4 Å². The fraction of sp³-hybridized carbons (Fsp3) is 0.929. The minimum Gasteiger partial charge on any atom is -0.394 e. The van der Waals surface area contributed by atoms with E-state index in [2.05, 4.69) is 6.92 Å². The van der Waals surface area contributed by atoms with Gasteiger partial charge in [-0.05, 0) is 6.42 Å². The first-order valence-corrected chi connectivity index (χ1v) is 7.21. The third kappa shape index (κ3) is 19.8. The molecule has 0 radical (unpaired) electrons. The average Bonchev–Trinajstić information content (AvgIpc) is 2.47. The molecule has 0 aliphatic carbocycles. The molecule has 0 amide bonds. The Labute approximate surface area is 121 Å². The molecule has 0 fully saturated rings. The van der Waals surface area contributed by atoms with Crippen molar-refractivity contribution in [3.05, 3.63) is 0 Å². The first-order valence-electron chi connectivity index (χ1n) is 7.21. The van der Waals surface area contributed by atoms with Gasteiger partial charge in [-0.15, -0.1) is 0 Å². The lowest BCUT2D eigenvalue weighted by Crippen LogP contribution is -2.25. The number of aldehydes is 1. The molecule has 0 heterocycles. The van der Waals surface area contributed by atoms with Gasteiger partial charge >= 0.3 is 0 Å². The molecule has 20 heavy (non-hydrogen) atoms. The van der Waals surface area contributed by atoms with E-state index in [0.29, 0.717) is 0 Å². The van der Waals surface area contributed by atoms with E-state index in [1.165, 1.54) is 25.7 Å². The van der Waals surface area contributed by atoms with Gasteiger partial charge in [-0.1, -0.05) is 32.6 Å². The zero-order valence-corrected chi connectivity index (χ0v) is 12.4. The molecule has 2 atom stereocenters. The van der Waals surface area contributed by atoms with Gasteiger partial charge in [0, 0.05) is 6.42 Å². The Bertz CT molecular complexity index is 179. The zero-order valence-electron chi connectivity index (χ0n) is 12.4. The number of aliphatic hydroxyl groups is 4. The molecule has 2 unspecified atom stereocenters. The number of hydrogen-bond acceptors (Lipinski definition) is 6. The van der Waals surface area contributed by atoms with Crippen LogP contribution in [-0.2, 0) is 9.53 Å². The number of hydrogen-bond donors (Lipinski definition) is 4. The van der Waals surface area contributed by atoms with Crippen LogP contribution in [0.15, 0.2) is 0 Å². The number of unbranched alkanes of at least 4 members (excludes halogenated alkanes) is 5. The van der Waals surface area contributed by atoms with Gasteiger partial charge in [-0.25, -0.2) is 0 Å². The van der Waals surface area contributed by atoms with Crippen molar-refractivity contribution >= 4 is 6.29 Å². The molecule has 0 saturated carbocycles. The van der Waals surface area contributed by atoms with Crippen molar-refractivity contribution in [2.45, 2.75) is 57.7 Å². The van der Waals surface area contributed by atoms with Crippen molar-refractivity contribution < 1.29 is 30.0 Å². The van der Waals surface area contributed by atoms with Gasteiger partial charge in [0.15, 0.2) is 0 Å². The van der Waals surface area contributed by atoms with Crippen LogP contribution in [0.2, 0.25) is 0 Å². The molecule has 6 heteroatoms. The maximum absolute atomic E-state index is 9.84. The van der Waals surface area contributed by atoms with Crippen molar-refractivity contribution in [3.8, 4) is 0 Å². The summed E-state index contributed by atoms with van der Waals surface area (Å²) < 4.78 is 4.72. The fourth-order valence-corrected chi connectivity index (χ4v) is 1.28. The summed E-state index contributed by atoms with van der Waals surface area (Å²) in [7, 11) is 0. The van der Waals surface area contributed by atoms with Crippen LogP contribution < -0.4 is 0 Å². The number of carbonyl (C=O) groups excluding carboxylic acids is 1. The van der Waals surface area contributed by atoms with Crippen LogP contribution in [0, 0.1) is 0 Å². The van der Waals surface area contributed by atoms with Crippen molar-refractivity contribution in [1.29, 1.82) is 0 Å². The summed E-state index contributed by atoms with van der Waals surface area (Å²) in [5.41, 5.74) is 0. The van der Waals surface area contributed by atoms with E-state index in [4.69, 9.17) is 25.2 Å². The van der Waals surface area contributed by atoms with E-state index in [1.807, 2.05) is 0 Å². The minimum atomic E-state index is -0.916. The topological polar surface area (TPSA) is 107 Å². The minimum absolute atomic E-state index is 0.0342.